The van der Waals surface area contributed by atoms with Gasteiger partial charge in [-0.05, 0) is 19.3 Å². The first kappa shape index (κ1) is 16.8. The molecule has 2 aliphatic heterocycles. The number of aryl methyl sites for hydroxylation is 1. The molecule has 3 atom stereocenters. The number of rotatable bonds is 5. The number of nitrogens with zero attached hydrogens (tertiary/aromatic N) is 4. The summed E-state index contributed by atoms with van der Waals surface area (Å²) in [6.45, 7) is 9.59. The van der Waals surface area contributed by atoms with Gasteiger partial charge in [-0.3, -0.25) is 0 Å². The van der Waals surface area contributed by atoms with Crippen LogP contribution in [0, 0.1) is 11.3 Å². The summed E-state index contributed by atoms with van der Waals surface area (Å²) < 4.78 is 8.03. The average Bonchev–Trinajstić information content (AvgIpc) is 3.28. The molecule has 4 rings (SSSR count). The zero-order valence-electron chi connectivity index (χ0n) is 15.5. The summed E-state index contributed by atoms with van der Waals surface area (Å²) in [6.07, 6.45) is 4.42. The van der Waals surface area contributed by atoms with E-state index in [-0.39, 0.29) is 17.5 Å². The van der Waals surface area contributed by atoms with E-state index in [0.717, 1.165) is 57.0 Å². The Balaban J connectivity index is 1.44. The van der Waals surface area contributed by atoms with Crippen LogP contribution in [0.25, 0.3) is 0 Å². The topological polar surface area (TPSA) is 72.3 Å². The van der Waals surface area contributed by atoms with Crippen LogP contribution in [-0.2, 0) is 24.2 Å². The number of carbonyl (C=O) groups excluding carboxylic acids is 1. The van der Waals surface area contributed by atoms with Gasteiger partial charge < -0.3 is 19.5 Å². The van der Waals surface area contributed by atoms with Crippen LogP contribution in [0.4, 0.5) is 4.79 Å². The minimum absolute atomic E-state index is 0.0145. The van der Waals surface area contributed by atoms with Crippen molar-refractivity contribution in [3.05, 3.63) is 11.6 Å². The van der Waals surface area contributed by atoms with E-state index in [1.165, 1.54) is 0 Å². The number of carbonyl (C=O) groups is 1. The van der Waals surface area contributed by atoms with Crippen molar-refractivity contribution in [1.82, 2.24) is 25.0 Å². The van der Waals surface area contributed by atoms with Gasteiger partial charge >= 0.3 is 6.03 Å². The van der Waals surface area contributed by atoms with Gasteiger partial charge in [-0.15, -0.1) is 10.2 Å². The van der Waals surface area contributed by atoms with Crippen molar-refractivity contribution in [3.8, 4) is 0 Å². The lowest BCUT2D eigenvalue weighted by Gasteiger charge is -2.58. The van der Waals surface area contributed by atoms with Gasteiger partial charge in [0.1, 0.15) is 5.82 Å². The Morgan fingerprint density at radius 3 is 3.08 bits per heavy atom. The van der Waals surface area contributed by atoms with Crippen LogP contribution >= 0.6 is 0 Å². The number of ether oxygens (including phenoxy) is 1. The highest BCUT2D eigenvalue weighted by Crippen LogP contribution is 2.54. The summed E-state index contributed by atoms with van der Waals surface area (Å²) >= 11 is 0. The molecule has 0 aromatic carbocycles. The van der Waals surface area contributed by atoms with E-state index in [2.05, 4.69) is 40.9 Å². The zero-order chi connectivity index (χ0) is 17.6. The van der Waals surface area contributed by atoms with Gasteiger partial charge in [0.05, 0.1) is 12.6 Å². The van der Waals surface area contributed by atoms with E-state index in [0.29, 0.717) is 18.6 Å². The Morgan fingerprint density at radius 1 is 1.44 bits per heavy atom. The molecule has 138 valence electrons. The third-order valence-corrected chi connectivity index (χ3v) is 6.18. The predicted octanol–water partition coefficient (Wildman–Crippen LogP) is 1.96. The van der Waals surface area contributed by atoms with Gasteiger partial charge in [-0.25, -0.2) is 4.79 Å². The van der Waals surface area contributed by atoms with Gasteiger partial charge in [0, 0.05) is 43.5 Å². The third kappa shape index (κ3) is 2.63. The van der Waals surface area contributed by atoms with Crippen molar-refractivity contribution in [3.63, 3.8) is 0 Å². The number of hydrogen-bond donors (Lipinski definition) is 1. The molecule has 7 nitrogen and oxygen atoms in total. The molecule has 0 bridgehead atoms. The lowest BCUT2D eigenvalue weighted by atomic mass is 9.56. The highest BCUT2D eigenvalue weighted by atomic mass is 16.5. The molecule has 1 aromatic heterocycles. The lowest BCUT2D eigenvalue weighted by molar-refractivity contribution is -0.143. The normalized spacial score (nSPS) is 29.0. The van der Waals surface area contributed by atoms with Crippen LogP contribution in [0.2, 0.25) is 0 Å². The molecule has 0 radical (unpaired) electrons. The van der Waals surface area contributed by atoms with Gasteiger partial charge in [0.25, 0.3) is 0 Å². The fourth-order valence-electron chi connectivity index (χ4n) is 5.14. The predicted molar refractivity (Wildman–Crippen MR) is 93.0 cm³/mol. The molecule has 7 heteroatoms. The van der Waals surface area contributed by atoms with Gasteiger partial charge in [0.15, 0.2) is 5.82 Å². The van der Waals surface area contributed by atoms with Gasteiger partial charge in [-0.1, -0.05) is 20.8 Å². The number of hydrogen-bond acceptors (Lipinski definition) is 4. The minimum Gasteiger partial charge on any atom is -0.377 e. The Hall–Kier alpha value is -1.63. The van der Waals surface area contributed by atoms with E-state index in [1.807, 2.05) is 4.90 Å². The number of nitrogens with one attached hydrogen (secondary N) is 1. The summed E-state index contributed by atoms with van der Waals surface area (Å²) in [6, 6.07) is 0.268. The Kier molecular flexibility index (Phi) is 4.22. The van der Waals surface area contributed by atoms with Crippen LogP contribution in [0.5, 0.6) is 0 Å². The highest BCUT2D eigenvalue weighted by molar-refractivity contribution is 5.75. The summed E-state index contributed by atoms with van der Waals surface area (Å²) in [5.41, 5.74) is 0.0176. The van der Waals surface area contributed by atoms with Gasteiger partial charge in [0.2, 0.25) is 0 Å². The molecule has 1 saturated heterocycles. The van der Waals surface area contributed by atoms with Crippen molar-refractivity contribution >= 4 is 6.03 Å². The molecule has 0 unspecified atom stereocenters. The molecule has 3 heterocycles. The fraction of sp³-hybridized carbons (Fsp3) is 0.833. The van der Waals surface area contributed by atoms with Crippen LogP contribution in [0.3, 0.4) is 0 Å². The standard InChI is InChI=1S/C18H29N5O2/c1-4-8-23(15-12-7-10-25-16(12)18(15,2)3)17(24)19-11-14-21-20-13-6-5-9-22(13)14/h12,15-16H,4-11H2,1-3H3,(H,19,24)/t12-,15+,16-/m0/s1. The smallest absolute Gasteiger partial charge is 0.318 e. The Labute approximate surface area is 149 Å². The molecule has 25 heavy (non-hydrogen) atoms. The van der Waals surface area contributed by atoms with Gasteiger partial charge in [-0.2, -0.15) is 0 Å². The van der Waals surface area contributed by atoms with E-state index >= 15 is 0 Å². The van der Waals surface area contributed by atoms with Crippen molar-refractivity contribution in [2.45, 2.75) is 71.7 Å². The summed E-state index contributed by atoms with van der Waals surface area (Å²) in [5.74, 6) is 2.39. The molecule has 2 fully saturated rings. The molecular formula is C18H29N5O2. The number of fused-ring (bicyclic) bond motifs is 2. The average molecular weight is 347 g/mol. The Bertz CT molecular complexity index is 656. The molecule has 1 saturated carbocycles. The highest BCUT2D eigenvalue weighted by Gasteiger charge is 2.62. The van der Waals surface area contributed by atoms with Crippen LogP contribution in [0.1, 0.15) is 51.7 Å². The second kappa shape index (κ2) is 6.27. The maximum absolute atomic E-state index is 13.0. The second-order valence-corrected chi connectivity index (χ2v) is 8.15. The van der Waals surface area contributed by atoms with Crippen LogP contribution in [-0.4, -0.2) is 51.0 Å². The lowest BCUT2D eigenvalue weighted by Crippen LogP contribution is -2.68. The summed E-state index contributed by atoms with van der Waals surface area (Å²) in [5, 5.41) is 11.5. The first-order chi connectivity index (χ1) is 12.0. The zero-order valence-corrected chi connectivity index (χ0v) is 15.5. The second-order valence-electron chi connectivity index (χ2n) is 8.15. The summed E-state index contributed by atoms with van der Waals surface area (Å²) in [7, 11) is 0. The fourth-order valence-corrected chi connectivity index (χ4v) is 5.14. The van der Waals surface area contributed by atoms with Crippen molar-refractivity contribution < 1.29 is 9.53 Å². The SMILES string of the molecule is CCCN(C(=O)NCc1nnc2n1CCC2)[C@@H]1[C@@H]2CCO[C@@H]2C1(C)C. The monoisotopic (exact) mass is 347 g/mol. The molecule has 0 spiro atoms. The van der Waals surface area contributed by atoms with Crippen molar-refractivity contribution in [2.75, 3.05) is 13.2 Å². The first-order valence-electron chi connectivity index (χ1n) is 9.61. The van der Waals surface area contributed by atoms with Crippen LogP contribution in [0.15, 0.2) is 0 Å². The number of urea groups is 1. The van der Waals surface area contributed by atoms with E-state index < -0.39 is 0 Å². The molecule has 1 aliphatic carbocycles. The van der Waals surface area contributed by atoms with E-state index in [9.17, 15) is 4.79 Å². The summed E-state index contributed by atoms with van der Waals surface area (Å²) in [4.78, 5) is 15.0. The van der Waals surface area contributed by atoms with Crippen LogP contribution < -0.4 is 5.32 Å². The van der Waals surface area contributed by atoms with E-state index in [1.54, 1.807) is 0 Å². The molecule has 2 amide bonds. The molecule has 3 aliphatic rings. The number of aromatic nitrogens is 3. The molecular weight excluding hydrogens is 318 g/mol. The van der Waals surface area contributed by atoms with Crippen molar-refractivity contribution in [1.29, 1.82) is 0 Å². The minimum atomic E-state index is 0.0145. The maximum atomic E-state index is 13.0. The first-order valence-corrected chi connectivity index (χ1v) is 9.61. The third-order valence-electron chi connectivity index (χ3n) is 6.18. The molecule has 1 aromatic rings. The molecule has 1 N–H and O–H groups in total. The Morgan fingerprint density at radius 2 is 2.28 bits per heavy atom. The quantitative estimate of drug-likeness (QED) is 0.884. The van der Waals surface area contributed by atoms with E-state index in [4.69, 9.17) is 4.74 Å². The largest absolute Gasteiger partial charge is 0.377 e. The number of amides is 2. The maximum Gasteiger partial charge on any atom is 0.318 e. The van der Waals surface area contributed by atoms with Crippen molar-refractivity contribution in [2.24, 2.45) is 11.3 Å².